The Hall–Kier alpha value is -1.08. The predicted octanol–water partition coefficient (Wildman–Crippen LogP) is 3.30. The van der Waals surface area contributed by atoms with Crippen LogP contribution < -0.4 is 0 Å². The van der Waals surface area contributed by atoms with Crippen LogP contribution in [-0.2, 0) is 9.53 Å². The minimum Gasteiger partial charge on any atom is -0.385 e. The Balaban J connectivity index is 2.02. The number of hydrogen-bond acceptors (Lipinski definition) is 5. The van der Waals surface area contributed by atoms with E-state index in [0.29, 0.717) is 34.1 Å². The summed E-state index contributed by atoms with van der Waals surface area (Å²) in [7, 11) is 1.64. The van der Waals surface area contributed by atoms with Crippen LogP contribution in [0.25, 0.3) is 0 Å². The molecule has 0 N–H and O–H groups in total. The fourth-order valence-electron chi connectivity index (χ4n) is 1.80. The van der Waals surface area contributed by atoms with Crippen LogP contribution in [-0.4, -0.2) is 48.2 Å². The zero-order chi connectivity index (χ0) is 15.9. The second-order valence-corrected chi connectivity index (χ2v) is 6.24. The molecular formula is C14H15Cl2N3O2S. The summed E-state index contributed by atoms with van der Waals surface area (Å²) in [5.41, 5.74) is 0.791. The monoisotopic (exact) mass is 359 g/mol. The van der Waals surface area contributed by atoms with Gasteiger partial charge in [-0.05, 0) is 24.1 Å². The number of amides is 1. The molecule has 0 spiro atoms. The molecule has 1 saturated heterocycles. The van der Waals surface area contributed by atoms with Gasteiger partial charge in [-0.1, -0.05) is 41.0 Å². The van der Waals surface area contributed by atoms with Gasteiger partial charge in [0.05, 0.1) is 22.0 Å². The molecule has 0 radical (unpaired) electrons. The van der Waals surface area contributed by atoms with Gasteiger partial charge in [0.2, 0.25) is 5.91 Å². The van der Waals surface area contributed by atoms with Crippen molar-refractivity contribution in [3.63, 3.8) is 0 Å². The number of carbonyl (C=O) groups excluding carboxylic acids is 1. The molecule has 118 valence electrons. The van der Waals surface area contributed by atoms with Crippen LogP contribution in [0.3, 0.4) is 0 Å². The normalized spacial score (nSPS) is 17.1. The van der Waals surface area contributed by atoms with Crippen LogP contribution in [0.1, 0.15) is 12.0 Å². The molecule has 0 bridgehead atoms. The summed E-state index contributed by atoms with van der Waals surface area (Å²) in [4.78, 5) is 13.4. The summed E-state index contributed by atoms with van der Waals surface area (Å²) in [6.07, 6.45) is 2.34. The molecule has 0 aliphatic carbocycles. The number of methoxy groups -OCH3 is 1. The minimum absolute atomic E-state index is 0.0459. The molecule has 1 aliphatic heterocycles. The topological polar surface area (TPSA) is 54.3 Å². The Kier molecular flexibility index (Phi) is 6.70. The van der Waals surface area contributed by atoms with Crippen molar-refractivity contribution >= 4 is 52.3 Å². The molecule has 2 rings (SSSR count). The number of halogens is 2. The lowest BCUT2D eigenvalue weighted by Crippen LogP contribution is -2.31. The second kappa shape index (κ2) is 8.53. The zero-order valence-corrected chi connectivity index (χ0v) is 14.3. The van der Waals surface area contributed by atoms with E-state index in [4.69, 9.17) is 27.9 Å². The number of nitrogens with zero attached hydrogens (tertiary/aromatic N) is 3. The summed E-state index contributed by atoms with van der Waals surface area (Å²) in [6, 6.07) is 5.20. The zero-order valence-electron chi connectivity index (χ0n) is 12.0. The summed E-state index contributed by atoms with van der Waals surface area (Å²) >= 11 is 13.2. The number of thioether (sulfide) groups is 1. The van der Waals surface area contributed by atoms with E-state index < -0.39 is 0 Å². The largest absolute Gasteiger partial charge is 0.385 e. The minimum atomic E-state index is 0.0459. The lowest BCUT2D eigenvalue weighted by atomic mass is 10.2. The van der Waals surface area contributed by atoms with Gasteiger partial charge < -0.3 is 4.74 Å². The first kappa shape index (κ1) is 17.3. The van der Waals surface area contributed by atoms with Crippen molar-refractivity contribution < 1.29 is 9.53 Å². The van der Waals surface area contributed by atoms with E-state index in [1.54, 1.807) is 36.4 Å². The second-order valence-electron chi connectivity index (χ2n) is 4.48. The molecule has 1 aromatic rings. The number of ether oxygens (including phenoxy) is 1. The van der Waals surface area contributed by atoms with Crippen LogP contribution in [0.15, 0.2) is 28.4 Å². The number of carbonyl (C=O) groups is 1. The molecule has 8 heteroatoms. The Morgan fingerprint density at radius 1 is 1.41 bits per heavy atom. The summed E-state index contributed by atoms with van der Waals surface area (Å²) < 4.78 is 4.99. The van der Waals surface area contributed by atoms with Gasteiger partial charge in [-0.2, -0.15) is 5.10 Å². The van der Waals surface area contributed by atoms with Gasteiger partial charge in [-0.3, -0.25) is 9.69 Å². The van der Waals surface area contributed by atoms with E-state index in [1.165, 1.54) is 11.8 Å². The van der Waals surface area contributed by atoms with Crippen LogP contribution in [0.2, 0.25) is 10.0 Å². The van der Waals surface area contributed by atoms with Crippen molar-refractivity contribution in [3.05, 3.63) is 33.8 Å². The van der Waals surface area contributed by atoms with Crippen molar-refractivity contribution in [2.24, 2.45) is 10.2 Å². The summed E-state index contributed by atoms with van der Waals surface area (Å²) in [5.74, 6) is 0.443. The molecule has 1 amide bonds. The van der Waals surface area contributed by atoms with E-state index in [-0.39, 0.29) is 5.91 Å². The predicted molar refractivity (Wildman–Crippen MR) is 92.2 cm³/mol. The molecule has 1 heterocycles. The van der Waals surface area contributed by atoms with E-state index >= 15 is 0 Å². The van der Waals surface area contributed by atoms with Crippen molar-refractivity contribution in [2.75, 3.05) is 26.0 Å². The molecule has 22 heavy (non-hydrogen) atoms. The number of rotatable bonds is 6. The fraction of sp³-hybridized carbons (Fsp3) is 0.357. The van der Waals surface area contributed by atoms with Crippen LogP contribution >= 0.6 is 35.0 Å². The number of hydrogen-bond donors (Lipinski definition) is 0. The Labute approximate surface area is 143 Å². The molecule has 1 aromatic carbocycles. The van der Waals surface area contributed by atoms with E-state index in [9.17, 15) is 4.79 Å². The Morgan fingerprint density at radius 2 is 2.23 bits per heavy atom. The quantitative estimate of drug-likeness (QED) is 0.444. The molecule has 5 nitrogen and oxygen atoms in total. The molecule has 0 saturated carbocycles. The maximum absolute atomic E-state index is 11.8. The van der Waals surface area contributed by atoms with Crippen molar-refractivity contribution in [2.45, 2.75) is 6.42 Å². The van der Waals surface area contributed by atoms with Gasteiger partial charge in [0.1, 0.15) is 0 Å². The molecule has 1 aliphatic rings. The number of benzene rings is 1. The average Bonchev–Trinajstić information content (AvgIpc) is 2.84. The van der Waals surface area contributed by atoms with Crippen molar-refractivity contribution in [3.8, 4) is 0 Å². The van der Waals surface area contributed by atoms with Gasteiger partial charge in [-0.25, -0.2) is 0 Å². The van der Waals surface area contributed by atoms with E-state index in [2.05, 4.69) is 10.2 Å². The average molecular weight is 360 g/mol. The molecule has 0 atom stereocenters. The highest BCUT2D eigenvalue weighted by atomic mass is 35.5. The van der Waals surface area contributed by atoms with Crippen LogP contribution in [0.5, 0.6) is 0 Å². The highest BCUT2D eigenvalue weighted by Crippen LogP contribution is 2.22. The molecule has 1 fully saturated rings. The van der Waals surface area contributed by atoms with Crippen molar-refractivity contribution in [1.82, 2.24) is 4.90 Å². The van der Waals surface area contributed by atoms with Gasteiger partial charge in [0.15, 0.2) is 5.17 Å². The standard InChI is InChI=1S/C14H15Cl2N3O2S/c1-21-6-2-5-19-13(20)9-22-14(19)18-17-8-10-3-4-11(15)12(16)7-10/h3-4,7-8H,2,5-6,9H2,1H3/b17-8+,18-14-. The van der Waals surface area contributed by atoms with Gasteiger partial charge >= 0.3 is 0 Å². The molecule has 0 aromatic heterocycles. The Morgan fingerprint density at radius 3 is 2.95 bits per heavy atom. The smallest absolute Gasteiger partial charge is 0.239 e. The fourth-order valence-corrected chi connectivity index (χ4v) is 2.97. The molecule has 0 unspecified atom stereocenters. The first-order valence-electron chi connectivity index (χ1n) is 6.60. The first-order valence-corrected chi connectivity index (χ1v) is 8.34. The SMILES string of the molecule is COCCCN1C(=O)CS/C1=N\N=C\c1ccc(Cl)c(Cl)c1. The number of amidine groups is 1. The van der Waals surface area contributed by atoms with Crippen LogP contribution in [0, 0.1) is 0 Å². The van der Waals surface area contributed by atoms with Crippen LogP contribution in [0.4, 0.5) is 0 Å². The highest BCUT2D eigenvalue weighted by Gasteiger charge is 2.27. The third kappa shape index (κ3) is 4.71. The van der Waals surface area contributed by atoms with Gasteiger partial charge in [0, 0.05) is 20.3 Å². The lowest BCUT2D eigenvalue weighted by molar-refractivity contribution is -0.124. The summed E-state index contributed by atoms with van der Waals surface area (Å²) in [6.45, 7) is 1.19. The highest BCUT2D eigenvalue weighted by molar-refractivity contribution is 8.15. The third-order valence-corrected chi connectivity index (χ3v) is 4.57. The summed E-state index contributed by atoms with van der Waals surface area (Å²) in [5, 5.41) is 9.70. The van der Waals surface area contributed by atoms with Crippen molar-refractivity contribution in [1.29, 1.82) is 0 Å². The van der Waals surface area contributed by atoms with E-state index in [1.807, 2.05) is 0 Å². The maximum atomic E-state index is 11.8. The molecular weight excluding hydrogens is 345 g/mol. The maximum Gasteiger partial charge on any atom is 0.239 e. The van der Waals surface area contributed by atoms with Gasteiger partial charge in [-0.15, -0.1) is 5.10 Å². The van der Waals surface area contributed by atoms with Gasteiger partial charge in [0.25, 0.3) is 0 Å². The third-order valence-electron chi connectivity index (χ3n) is 2.88. The first-order chi connectivity index (χ1) is 10.6. The lowest BCUT2D eigenvalue weighted by Gasteiger charge is -2.14. The van der Waals surface area contributed by atoms with E-state index in [0.717, 1.165) is 12.0 Å². The Bertz CT molecular complexity index is 608.